The largest absolute Gasteiger partial charge is 0.300 e. The number of hydrogen-bond acceptors (Lipinski definition) is 2. The van der Waals surface area contributed by atoms with Crippen molar-refractivity contribution in [2.75, 3.05) is 12.0 Å². The Morgan fingerprint density at radius 1 is 1.78 bits per heavy atom. The molecule has 52 valence electrons. The number of ketones is 1. The van der Waals surface area contributed by atoms with Gasteiger partial charge in [0.1, 0.15) is 5.78 Å². The van der Waals surface area contributed by atoms with Crippen LogP contribution in [0.2, 0.25) is 0 Å². The monoisotopic (exact) mass is 144 g/mol. The summed E-state index contributed by atoms with van der Waals surface area (Å²) in [7, 11) is 0. The van der Waals surface area contributed by atoms with Gasteiger partial charge in [0.05, 0.1) is 0 Å². The Hall–Kier alpha value is 0.0200. The van der Waals surface area contributed by atoms with Crippen LogP contribution in [0, 0.1) is 5.92 Å². The molecule has 0 aromatic carbocycles. The number of carbonyl (C=O) groups excluding carboxylic acids is 1. The molecule has 1 saturated carbocycles. The number of hydrogen-bond donors (Lipinski definition) is 0. The molecule has 9 heavy (non-hydrogen) atoms. The van der Waals surface area contributed by atoms with Gasteiger partial charge in [-0.15, -0.1) is 0 Å². The van der Waals surface area contributed by atoms with Crippen molar-refractivity contribution in [2.24, 2.45) is 5.92 Å². The van der Waals surface area contributed by atoms with E-state index in [1.807, 2.05) is 11.8 Å². The Kier molecular flexibility index (Phi) is 2.58. The Labute approximate surface area is 60.2 Å². The lowest BCUT2D eigenvalue weighted by Gasteiger charge is -2.02. The minimum atomic E-state index is 0.467. The summed E-state index contributed by atoms with van der Waals surface area (Å²) in [4.78, 5) is 10.7. The van der Waals surface area contributed by atoms with Crippen LogP contribution in [0.15, 0.2) is 0 Å². The number of Topliss-reactive ketones (excluding diaryl/α,β-unsaturated/α-hetero) is 1. The summed E-state index contributed by atoms with van der Waals surface area (Å²) in [5.41, 5.74) is 0. The number of rotatable bonds is 2. The van der Waals surface area contributed by atoms with Gasteiger partial charge >= 0.3 is 0 Å². The summed E-state index contributed by atoms with van der Waals surface area (Å²) in [6, 6.07) is 0. The maximum Gasteiger partial charge on any atom is 0.133 e. The summed E-state index contributed by atoms with van der Waals surface area (Å²) in [5, 5.41) is 0. The summed E-state index contributed by atoms with van der Waals surface area (Å²) in [6.07, 6.45) is 4.93. The molecule has 0 amide bonds. The van der Waals surface area contributed by atoms with Crippen LogP contribution in [-0.2, 0) is 4.79 Å². The first kappa shape index (κ1) is 7.13. The summed E-state index contributed by atoms with van der Waals surface area (Å²) >= 11 is 1.85. The van der Waals surface area contributed by atoms with Crippen molar-refractivity contribution in [1.82, 2.24) is 0 Å². The van der Waals surface area contributed by atoms with E-state index >= 15 is 0 Å². The molecule has 1 atom stereocenters. The van der Waals surface area contributed by atoms with Crippen molar-refractivity contribution >= 4 is 17.5 Å². The SMILES string of the molecule is CSC[C@@H]1CCC(=O)C1. The molecule has 0 N–H and O–H groups in total. The minimum Gasteiger partial charge on any atom is -0.300 e. The summed E-state index contributed by atoms with van der Waals surface area (Å²) < 4.78 is 0. The summed E-state index contributed by atoms with van der Waals surface area (Å²) in [5.74, 6) is 2.34. The van der Waals surface area contributed by atoms with Gasteiger partial charge in [0.2, 0.25) is 0 Å². The van der Waals surface area contributed by atoms with Crippen LogP contribution in [0.25, 0.3) is 0 Å². The van der Waals surface area contributed by atoms with Gasteiger partial charge in [0, 0.05) is 12.8 Å². The van der Waals surface area contributed by atoms with Crippen LogP contribution in [-0.4, -0.2) is 17.8 Å². The Bertz CT molecular complexity index is 111. The number of thioether (sulfide) groups is 1. The second kappa shape index (κ2) is 3.25. The molecule has 1 fully saturated rings. The predicted molar refractivity (Wildman–Crippen MR) is 40.7 cm³/mol. The highest BCUT2D eigenvalue weighted by molar-refractivity contribution is 7.98. The van der Waals surface area contributed by atoms with Crippen LogP contribution in [0.1, 0.15) is 19.3 Å². The Morgan fingerprint density at radius 2 is 2.56 bits per heavy atom. The average molecular weight is 144 g/mol. The van der Waals surface area contributed by atoms with E-state index in [2.05, 4.69) is 6.26 Å². The lowest BCUT2D eigenvalue weighted by atomic mass is 10.1. The average Bonchev–Trinajstić information content (AvgIpc) is 2.17. The summed E-state index contributed by atoms with van der Waals surface area (Å²) in [6.45, 7) is 0. The molecule has 0 aromatic heterocycles. The van der Waals surface area contributed by atoms with Crippen LogP contribution in [0.5, 0.6) is 0 Å². The lowest BCUT2D eigenvalue weighted by molar-refractivity contribution is -0.117. The van der Waals surface area contributed by atoms with Crippen molar-refractivity contribution in [2.45, 2.75) is 19.3 Å². The first-order valence-electron chi connectivity index (χ1n) is 3.33. The van der Waals surface area contributed by atoms with Crippen molar-refractivity contribution in [3.05, 3.63) is 0 Å². The minimum absolute atomic E-state index is 0.467. The highest BCUT2D eigenvalue weighted by atomic mass is 32.2. The van der Waals surface area contributed by atoms with E-state index in [9.17, 15) is 4.79 Å². The van der Waals surface area contributed by atoms with Crippen molar-refractivity contribution in [1.29, 1.82) is 0 Å². The van der Waals surface area contributed by atoms with Gasteiger partial charge in [-0.2, -0.15) is 11.8 Å². The van der Waals surface area contributed by atoms with Crippen molar-refractivity contribution in [3.63, 3.8) is 0 Å². The molecule has 2 heteroatoms. The first-order valence-corrected chi connectivity index (χ1v) is 4.73. The van der Waals surface area contributed by atoms with E-state index < -0.39 is 0 Å². The Balaban J connectivity index is 2.22. The van der Waals surface area contributed by atoms with E-state index in [4.69, 9.17) is 0 Å². The molecule has 1 rings (SSSR count). The molecule has 1 nitrogen and oxygen atoms in total. The quantitative estimate of drug-likeness (QED) is 0.587. The highest BCUT2D eigenvalue weighted by Crippen LogP contribution is 2.24. The molecule has 0 radical (unpaired) electrons. The third-order valence-electron chi connectivity index (χ3n) is 1.75. The zero-order chi connectivity index (χ0) is 6.69. The predicted octanol–water partition coefficient (Wildman–Crippen LogP) is 1.72. The second-order valence-corrected chi connectivity index (χ2v) is 3.51. The molecule has 0 heterocycles. The maximum atomic E-state index is 10.7. The van der Waals surface area contributed by atoms with Gasteiger partial charge in [-0.05, 0) is 24.3 Å². The van der Waals surface area contributed by atoms with Crippen molar-refractivity contribution < 1.29 is 4.79 Å². The van der Waals surface area contributed by atoms with Gasteiger partial charge in [-0.1, -0.05) is 0 Å². The van der Waals surface area contributed by atoms with Crippen LogP contribution < -0.4 is 0 Å². The third kappa shape index (κ3) is 2.01. The fraction of sp³-hybridized carbons (Fsp3) is 0.857. The van der Waals surface area contributed by atoms with Crippen molar-refractivity contribution in [3.8, 4) is 0 Å². The molecular formula is C7H12OS. The standard InChI is InChI=1S/C7H12OS/c1-9-5-6-2-3-7(8)4-6/h6H,2-5H2,1H3/t6-/m1/s1. The molecular weight excluding hydrogens is 132 g/mol. The number of carbonyl (C=O) groups is 1. The molecule has 0 saturated heterocycles. The van der Waals surface area contributed by atoms with E-state index in [0.717, 1.165) is 19.3 Å². The molecule has 0 unspecified atom stereocenters. The molecule has 0 bridgehead atoms. The van der Waals surface area contributed by atoms with Gasteiger partial charge < -0.3 is 0 Å². The van der Waals surface area contributed by atoms with E-state index in [0.29, 0.717) is 11.7 Å². The van der Waals surface area contributed by atoms with Gasteiger partial charge in [0.25, 0.3) is 0 Å². The third-order valence-corrected chi connectivity index (χ3v) is 2.55. The maximum absolute atomic E-state index is 10.7. The van der Waals surface area contributed by atoms with Crippen LogP contribution in [0.4, 0.5) is 0 Å². The zero-order valence-corrected chi connectivity index (χ0v) is 6.54. The molecule has 0 aliphatic heterocycles. The lowest BCUT2D eigenvalue weighted by Crippen LogP contribution is -1.97. The molecule has 1 aliphatic carbocycles. The van der Waals surface area contributed by atoms with Gasteiger partial charge in [0.15, 0.2) is 0 Å². The van der Waals surface area contributed by atoms with Gasteiger partial charge in [-0.3, -0.25) is 4.79 Å². The van der Waals surface area contributed by atoms with Crippen LogP contribution >= 0.6 is 11.8 Å². The van der Waals surface area contributed by atoms with E-state index in [1.54, 1.807) is 0 Å². The molecule has 1 aliphatic rings. The fourth-order valence-corrected chi connectivity index (χ4v) is 2.03. The van der Waals surface area contributed by atoms with E-state index in [-0.39, 0.29) is 0 Å². The smallest absolute Gasteiger partial charge is 0.133 e. The Morgan fingerprint density at radius 3 is 3.00 bits per heavy atom. The molecule has 0 aromatic rings. The van der Waals surface area contributed by atoms with Crippen LogP contribution in [0.3, 0.4) is 0 Å². The first-order chi connectivity index (χ1) is 4.33. The second-order valence-electron chi connectivity index (χ2n) is 2.60. The normalized spacial score (nSPS) is 27.2. The van der Waals surface area contributed by atoms with Gasteiger partial charge in [-0.25, -0.2) is 0 Å². The highest BCUT2D eigenvalue weighted by Gasteiger charge is 2.20. The van der Waals surface area contributed by atoms with E-state index in [1.165, 1.54) is 5.75 Å². The fourth-order valence-electron chi connectivity index (χ4n) is 1.27. The topological polar surface area (TPSA) is 17.1 Å². The molecule has 0 spiro atoms. The zero-order valence-electron chi connectivity index (χ0n) is 5.72.